The first kappa shape index (κ1) is 10.5. The fourth-order valence-corrected chi connectivity index (χ4v) is 0.714. The first-order valence-corrected chi connectivity index (χ1v) is 4.10. The van der Waals surface area contributed by atoms with Crippen molar-refractivity contribution in [3.05, 3.63) is 6.92 Å². The van der Waals surface area contributed by atoms with Crippen LogP contribution >= 0.6 is 0 Å². The number of rotatable bonds is 4. The Balaban J connectivity index is 3.67. The van der Waals surface area contributed by atoms with Crippen molar-refractivity contribution in [1.29, 1.82) is 0 Å². The van der Waals surface area contributed by atoms with Crippen LogP contribution in [0.15, 0.2) is 0 Å². The fourth-order valence-electron chi connectivity index (χ4n) is 0.714. The highest BCUT2D eigenvalue weighted by Gasteiger charge is 2.13. The maximum Gasteiger partial charge on any atom is 0.306 e. The summed E-state index contributed by atoms with van der Waals surface area (Å²) < 4.78 is 5.05. The van der Waals surface area contributed by atoms with E-state index in [1.807, 2.05) is 6.92 Å². The number of carbonyl (C=O) groups excluding carboxylic acids is 1. The minimum absolute atomic E-state index is 0.0225. The van der Waals surface area contributed by atoms with E-state index in [0.29, 0.717) is 5.92 Å². The second-order valence-corrected chi connectivity index (χ2v) is 2.83. The minimum Gasteiger partial charge on any atom is -0.462 e. The lowest BCUT2D eigenvalue weighted by Gasteiger charge is -2.18. The molecule has 65 valence electrons. The third kappa shape index (κ3) is 4.02. The van der Waals surface area contributed by atoms with Gasteiger partial charge >= 0.3 is 5.97 Å². The van der Waals surface area contributed by atoms with Gasteiger partial charge in [0.25, 0.3) is 0 Å². The molecule has 0 aromatic heterocycles. The van der Waals surface area contributed by atoms with Crippen LogP contribution in [-0.2, 0) is 9.53 Å². The second-order valence-electron chi connectivity index (χ2n) is 2.83. The van der Waals surface area contributed by atoms with Crippen molar-refractivity contribution in [2.45, 2.75) is 39.7 Å². The Kier molecular flexibility index (Phi) is 4.92. The van der Waals surface area contributed by atoms with Crippen molar-refractivity contribution in [1.82, 2.24) is 0 Å². The van der Waals surface area contributed by atoms with Crippen LogP contribution in [-0.4, -0.2) is 12.1 Å². The monoisotopic (exact) mass is 157 g/mol. The van der Waals surface area contributed by atoms with Crippen LogP contribution in [0.25, 0.3) is 0 Å². The Morgan fingerprint density at radius 2 is 2.09 bits per heavy atom. The summed E-state index contributed by atoms with van der Waals surface area (Å²) in [6, 6.07) is 0. The molecule has 2 unspecified atom stereocenters. The van der Waals surface area contributed by atoms with Crippen molar-refractivity contribution < 1.29 is 9.53 Å². The molecule has 2 heteroatoms. The Labute approximate surface area is 68.9 Å². The van der Waals surface area contributed by atoms with E-state index in [0.717, 1.165) is 6.42 Å². The van der Waals surface area contributed by atoms with Gasteiger partial charge in [-0.15, -0.1) is 0 Å². The first-order chi connectivity index (χ1) is 5.11. The Hall–Kier alpha value is -0.530. The topological polar surface area (TPSA) is 26.3 Å². The highest BCUT2D eigenvalue weighted by atomic mass is 16.5. The molecule has 11 heavy (non-hydrogen) atoms. The van der Waals surface area contributed by atoms with E-state index >= 15 is 0 Å². The van der Waals surface area contributed by atoms with Gasteiger partial charge in [0.15, 0.2) is 0 Å². The van der Waals surface area contributed by atoms with Crippen LogP contribution in [0.2, 0.25) is 0 Å². The van der Waals surface area contributed by atoms with E-state index < -0.39 is 0 Å². The molecule has 2 nitrogen and oxygen atoms in total. The van der Waals surface area contributed by atoms with Gasteiger partial charge < -0.3 is 4.74 Å². The molecule has 1 radical (unpaired) electrons. The van der Waals surface area contributed by atoms with Crippen LogP contribution in [0.1, 0.15) is 33.6 Å². The minimum atomic E-state index is -0.210. The zero-order valence-electron chi connectivity index (χ0n) is 7.59. The molecular formula is C9H17O2. The molecule has 0 aliphatic carbocycles. The zero-order chi connectivity index (χ0) is 8.85. The Morgan fingerprint density at radius 3 is 2.45 bits per heavy atom. The average molecular weight is 157 g/mol. The lowest BCUT2D eigenvalue weighted by molar-refractivity contribution is -0.149. The summed E-state index contributed by atoms with van der Waals surface area (Å²) >= 11 is 0. The third-order valence-corrected chi connectivity index (χ3v) is 1.97. The van der Waals surface area contributed by atoms with Gasteiger partial charge in [-0.3, -0.25) is 4.79 Å². The maximum absolute atomic E-state index is 10.8. The predicted octanol–water partition coefficient (Wildman–Crippen LogP) is 2.19. The molecule has 0 amide bonds. The number of carbonyl (C=O) groups is 1. The normalized spacial score (nSPS) is 15.6. The summed E-state index contributed by atoms with van der Waals surface area (Å²) in [5.41, 5.74) is 0. The number of esters is 1. The summed E-state index contributed by atoms with van der Waals surface area (Å²) in [5, 5.41) is 0. The second kappa shape index (κ2) is 5.16. The lowest BCUT2D eigenvalue weighted by atomic mass is 10.0. The van der Waals surface area contributed by atoms with Crippen molar-refractivity contribution in [3.8, 4) is 0 Å². The molecule has 2 atom stereocenters. The highest BCUT2D eigenvalue weighted by Crippen LogP contribution is 2.10. The van der Waals surface area contributed by atoms with E-state index in [2.05, 4.69) is 20.8 Å². The van der Waals surface area contributed by atoms with Crippen molar-refractivity contribution in [3.63, 3.8) is 0 Å². The summed E-state index contributed by atoms with van der Waals surface area (Å²) in [5.74, 6) is 0.225. The molecule has 0 aliphatic heterocycles. The largest absolute Gasteiger partial charge is 0.462 e. The summed E-state index contributed by atoms with van der Waals surface area (Å²) in [6.45, 7) is 9.52. The van der Waals surface area contributed by atoms with Gasteiger partial charge in [0.1, 0.15) is 6.10 Å². The van der Waals surface area contributed by atoms with Crippen molar-refractivity contribution >= 4 is 5.97 Å². The molecule has 0 bridgehead atoms. The summed E-state index contributed by atoms with van der Waals surface area (Å²) in [4.78, 5) is 10.8. The Bertz CT molecular complexity index is 121. The number of hydrogen-bond donors (Lipinski definition) is 0. The van der Waals surface area contributed by atoms with Crippen LogP contribution in [0.3, 0.4) is 0 Å². The molecule has 0 N–H and O–H groups in total. The van der Waals surface area contributed by atoms with Gasteiger partial charge in [-0.05, 0) is 19.8 Å². The molecule has 0 aromatic carbocycles. The van der Waals surface area contributed by atoms with Gasteiger partial charge in [-0.2, -0.15) is 0 Å². The number of hydrogen-bond acceptors (Lipinski definition) is 2. The quantitative estimate of drug-likeness (QED) is 0.585. The maximum atomic E-state index is 10.8. The van der Waals surface area contributed by atoms with Gasteiger partial charge in [0, 0.05) is 6.42 Å². The molecule has 0 spiro atoms. The SMILES string of the molecule is [CH2]CC(=O)OC(C)C(C)CC. The summed E-state index contributed by atoms with van der Waals surface area (Å²) in [6.07, 6.45) is 1.28. The Morgan fingerprint density at radius 1 is 1.55 bits per heavy atom. The molecule has 0 fully saturated rings. The van der Waals surface area contributed by atoms with Gasteiger partial charge in [0.2, 0.25) is 0 Å². The number of ether oxygens (including phenoxy) is 1. The van der Waals surface area contributed by atoms with Crippen molar-refractivity contribution in [2.75, 3.05) is 0 Å². The smallest absolute Gasteiger partial charge is 0.306 e. The molecule has 0 aliphatic rings. The van der Waals surface area contributed by atoms with Crippen LogP contribution in [0, 0.1) is 12.8 Å². The van der Waals surface area contributed by atoms with Crippen LogP contribution < -0.4 is 0 Å². The molecule has 0 aromatic rings. The third-order valence-electron chi connectivity index (χ3n) is 1.97. The van der Waals surface area contributed by atoms with Crippen LogP contribution in [0.5, 0.6) is 0 Å². The van der Waals surface area contributed by atoms with E-state index in [1.165, 1.54) is 0 Å². The van der Waals surface area contributed by atoms with Gasteiger partial charge in [0.05, 0.1) is 0 Å². The van der Waals surface area contributed by atoms with Crippen molar-refractivity contribution in [2.24, 2.45) is 5.92 Å². The molecule has 0 rings (SSSR count). The molecule has 0 saturated carbocycles. The van der Waals surface area contributed by atoms with E-state index in [9.17, 15) is 4.79 Å². The van der Waals surface area contributed by atoms with Crippen LogP contribution in [0.4, 0.5) is 0 Å². The van der Waals surface area contributed by atoms with E-state index in [4.69, 9.17) is 4.74 Å². The van der Waals surface area contributed by atoms with Gasteiger partial charge in [-0.1, -0.05) is 20.3 Å². The highest BCUT2D eigenvalue weighted by molar-refractivity contribution is 5.70. The van der Waals surface area contributed by atoms with E-state index in [-0.39, 0.29) is 18.5 Å². The van der Waals surface area contributed by atoms with Gasteiger partial charge in [-0.25, -0.2) is 0 Å². The average Bonchev–Trinajstić information content (AvgIpc) is 2.02. The molecule has 0 saturated heterocycles. The first-order valence-electron chi connectivity index (χ1n) is 4.10. The lowest BCUT2D eigenvalue weighted by Crippen LogP contribution is -2.21. The zero-order valence-corrected chi connectivity index (χ0v) is 7.59. The fraction of sp³-hybridized carbons (Fsp3) is 0.778. The predicted molar refractivity (Wildman–Crippen MR) is 45.0 cm³/mol. The van der Waals surface area contributed by atoms with E-state index in [1.54, 1.807) is 0 Å². The molecule has 0 heterocycles. The standard InChI is InChI=1S/C9H17O2/c1-5-7(3)8(4)11-9(10)6-2/h7-8H,2,5-6H2,1,3-4H3. The summed E-state index contributed by atoms with van der Waals surface area (Å²) in [7, 11) is 0. The molecular weight excluding hydrogens is 140 g/mol.